The third-order valence-electron chi connectivity index (χ3n) is 4.72. The van der Waals surface area contributed by atoms with Gasteiger partial charge in [-0.3, -0.25) is 4.79 Å². The van der Waals surface area contributed by atoms with Crippen molar-refractivity contribution < 1.29 is 18.3 Å². The van der Waals surface area contributed by atoms with E-state index in [4.69, 9.17) is 17.3 Å². The summed E-state index contributed by atoms with van der Waals surface area (Å²) in [4.78, 5) is 12.8. The minimum atomic E-state index is -4.47. The molecule has 0 bridgehead atoms. The highest BCUT2D eigenvalue weighted by molar-refractivity contribution is 7.24. The van der Waals surface area contributed by atoms with Crippen LogP contribution in [0.4, 0.5) is 13.2 Å². The first kappa shape index (κ1) is 21.0. The molecule has 1 heterocycles. The molecular weight excluding hydrogens is 411 g/mol. The fourth-order valence-electron chi connectivity index (χ4n) is 3.05. The van der Waals surface area contributed by atoms with Crippen molar-refractivity contribution in [3.63, 3.8) is 0 Å². The molecule has 0 spiro atoms. The number of alkyl halides is 3. The Labute approximate surface area is 168 Å². The maximum absolute atomic E-state index is 13.0. The van der Waals surface area contributed by atoms with Gasteiger partial charge in [-0.2, -0.15) is 13.2 Å². The van der Waals surface area contributed by atoms with Crippen LogP contribution in [0.5, 0.6) is 0 Å². The van der Waals surface area contributed by atoms with Crippen molar-refractivity contribution in [2.45, 2.75) is 37.9 Å². The number of hydrogen-bond acceptors (Lipinski definition) is 4. The molecule has 28 heavy (non-hydrogen) atoms. The summed E-state index contributed by atoms with van der Waals surface area (Å²) in [5.74, 6) is 0. The van der Waals surface area contributed by atoms with E-state index in [1.807, 2.05) is 0 Å². The molecule has 3 rings (SSSR count). The summed E-state index contributed by atoms with van der Waals surface area (Å²) in [6, 6.07) is 6.49. The van der Waals surface area contributed by atoms with Crippen molar-refractivity contribution in [1.29, 1.82) is 0 Å². The zero-order valence-corrected chi connectivity index (χ0v) is 16.6. The van der Waals surface area contributed by atoms with Crippen molar-refractivity contribution in [3.05, 3.63) is 56.7 Å². The summed E-state index contributed by atoms with van der Waals surface area (Å²) in [6.45, 7) is 1.63. The fraction of sp³-hybridized carbons (Fsp3) is 0.350. The summed E-state index contributed by atoms with van der Waals surface area (Å²) >= 11 is 7.45. The maximum atomic E-state index is 13.0. The van der Waals surface area contributed by atoms with E-state index in [9.17, 15) is 23.1 Å². The molecule has 150 valence electrons. The predicted octanol–water partition coefficient (Wildman–Crippen LogP) is 5.12. The molecule has 0 saturated heterocycles. The smallest absolute Gasteiger partial charge is 0.394 e. The lowest BCUT2D eigenvalue weighted by atomic mass is 9.95. The van der Waals surface area contributed by atoms with Gasteiger partial charge in [-0.15, -0.1) is 11.3 Å². The average Bonchev–Trinajstić information content (AvgIpc) is 2.61. The molecule has 8 heteroatoms. The van der Waals surface area contributed by atoms with Crippen LogP contribution in [0.15, 0.2) is 35.1 Å². The van der Waals surface area contributed by atoms with Crippen molar-refractivity contribution in [2.24, 2.45) is 5.73 Å². The Morgan fingerprint density at radius 2 is 1.82 bits per heavy atom. The van der Waals surface area contributed by atoms with Crippen molar-refractivity contribution in [3.8, 4) is 0 Å². The Bertz CT molecular complexity index is 1090. The number of halogens is 4. The van der Waals surface area contributed by atoms with Crippen LogP contribution in [-0.2, 0) is 12.6 Å². The first-order chi connectivity index (χ1) is 13.0. The van der Waals surface area contributed by atoms with Gasteiger partial charge in [0.25, 0.3) is 0 Å². The molecule has 3 N–H and O–H groups in total. The minimum Gasteiger partial charge on any atom is -0.394 e. The normalized spacial score (nSPS) is 14.5. The second-order valence-electron chi connectivity index (χ2n) is 7.25. The first-order valence-corrected chi connectivity index (χ1v) is 9.87. The number of aliphatic hydroxyl groups excluding tert-OH is 1. The molecule has 0 radical (unpaired) electrons. The van der Waals surface area contributed by atoms with Crippen LogP contribution >= 0.6 is 22.9 Å². The Morgan fingerprint density at radius 3 is 2.46 bits per heavy atom. The zero-order valence-electron chi connectivity index (χ0n) is 15.1. The third kappa shape index (κ3) is 4.33. The molecule has 1 unspecified atom stereocenters. The number of nitrogens with two attached hydrogens (primary N) is 1. The van der Waals surface area contributed by atoms with E-state index in [2.05, 4.69) is 0 Å². The molecule has 0 aliphatic rings. The van der Waals surface area contributed by atoms with Gasteiger partial charge in [-0.05, 0) is 62.1 Å². The topological polar surface area (TPSA) is 63.3 Å². The Balaban J connectivity index is 2.03. The quantitative estimate of drug-likeness (QED) is 0.553. The second-order valence-corrected chi connectivity index (χ2v) is 8.74. The molecule has 3 nitrogen and oxygen atoms in total. The van der Waals surface area contributed by atoms with Crippen LogP contribution in [0, 0.1) is 0 Å². The van der Waals surface area contributed by atoms with Gasteiger partial charge >= 0.3 is 6.18 Å². The van der Waals surface area contributed by atoms with Gasteiger partial charge in [0.05, 0.1) is 12.2 Å². The average molecular weight is 430 g/mol. The van der Waals surface area contributed by atoms with E-state index in [1.54, 1.807) is 19.1 Å². The summed E-state index contributed by atoms with van der Waals surface area (Å²) in [6.07, 6.45) is -2.62. The second kappa shape index (κ2) is 7.63. The van der Waals surface area contributed by atoms with Gasteiger partial charge in [0.15, 0.2) is 5.43 Å². The minimum absolute atomic E-state index is 0.128. The van der Waals surface area contributed by atoms with Crippen LogP contribution in [0.25, 0.3) is 20.2 Å². The summed E-state index contributed by atoms with van der Waals surface area (Å²) in [5.41, 5.74) is 4.93. The molecule has 0 fully saturated rings. The molecule has 1 aromatic heterocycles. The van der Waals surface area contributed by atoms with E-state index in [-0.39, 0.29) is 22.1 Å². The zero-order chi connectivity index (χ0) is 20.7. The van der Waals surface area contributed by atoms with Gasteiger partial charge in [0.1, 0.15) is 0 Å². The molecule has 3 aromatic rings. The van der Waals surface area contributed by atoms with Gasteiger partial charge in [-0.1, -0.05) is 11.6 Å². The number of rotatable bonds is 5. The molecule has 0 aliphatic heterocycles. The van der Waals surface area contributed by atoms with Crippen LogP contribution in [-0.4, -0.2) is 17.3 Å². The molecule has 0 amide bonds. The predicted molar refractivity (Wildman–Crippen MR) is 108 cm³/mol. The molecule has 0 aliphatic carbocycles. The Kier molecular flexibility index (Phi) is 5.74. The van der Waals surface area contributed by atoms with Crippen molar-refractivity contribution in [2.75, 3.05) is 6.61 Å². The van der Waals surface area contributed by atoms with Gasteiger partial charge in [0, 0.05) is 30.7 Å². The Hall–Kier alpha value is -1.67. The van der Waals surface area contributed by atoms with E-state index in [0.717, 1.165) is 29.0 Å². The highest BCUT2D eigenvalue weighted by atomic mass is 35.5. The van der Waals surface area contributed by atoms with E-state index >= 15 is 0 Å². The SMILES string of the molecule is CC(N)(CO)CCCc1cc2c(=O)c3ccc(C(F)(F)F)cc3sc2cc1Cl. The molecular formula is C20H19ClF3NO2S. The van der Waals surface area contributed by atoms with Crippen LogP contribution in [0.1, 0.15) is 30.9 Å². The monoisotopic (exact) mass is 429 g/mol. The largest absolute Gasteiger partial charge is 0.416 e. The van der Waals surface area contributed by atoms with Crippen LogP contribution in [0.2, 0.25) is 5.02 Å². The number of aryl methyl sites for hydroxylation is 1. The summed E-state index contributed by atoms with van der Waals surface area (Å²) in [5, 5.41) is 10.4. The van der Waals surface area contributed by atoms with Gasteiger partial charge < -0.3 is 10.8 Å². The number of fused-ring (bicyclic) bond motifs is 2. The standard InChI is InChI=1S/C20H19ClF3NO2S/c1-19(25,10-26)6-2-3-11-7-14-17(9-15(11)21)28-16-8-12(20(22,23)24)4-5-13(16)18(14)27/h4-5,7-9,26H,2-3,6,10,25H2,1H3. The number of hydrogen-bond donors (Lipinski definition) is 2. The van der Waals surface area contributed by atoms with E-state index in [0.29, 0.717) is 34.4 Å². The van der Waals surface area contributed by atoms with E-state index < -0.39 is 17.3 Å². The number of aliphatic hydroxyl groups is 1. The first-order valence-electron chi connectivity index (χ1n) is 8.68. The lowest BCUT2D eigenvalue weighted by molar-refractivity contribution is -0.137. The van der Waals surface area contributed by atoms with Crippen LogP contribution < -0.4 is 11.2 Å². The maximum Gasteiger partial charge on any atom is 0.416 e. The summed E-state index contributed by atoms with van der Waals surface area (Å²) in [7, 11) is 0. The third-order valence-corrected chi connectivity index (χ3v) is 6.19. The highest BCUT2D eigenvalue weighted by Crippen LogP contribution is 2.35. The lowest BCUT2D eigenvalue weighted by Gasteiger charge is -2.21. The lowest BCUT2D eigenvalue weighted by Crippen LogP contribution is -2.40. The fourth-order valence-corrected chi connectivity index (χ4v) is 4.50. The van der Waals surface area contributed by atoms with Gasteiger partial charge in [0.2, 0.25) is 0 Å². The number of benzene rings is 2. The van der Waals surface area contributed by atoms with Crippen molar-refractivity contribution in [1.82, 2.24) is 0 Å². The molecule has 0 saturated carbocycles. The Morgan fingerprint density at radius 1 is 1.14 bits per heavy atom. The van der Waals surface area contributed by atoms with Crippen LogP contribution in [0.3, 0.4) is 0 Å². The van der Waals surface area contributed by atoms with E-state index in [1.165, 1.54) is 6.07 Å². The molecule has 1 atom stereocenters. The molecule has 2 aromatic carbocycles. The van der Waals surface area contributed by atoms with Crippen molar-refractivity contribution >= 4 is 43.1 Å². The van der Waals surface area contributed by atoms with Gasteiger partial charge in [-0.25, -0.2) is 0 Å². The summed E-state index contributed by atoms with van der Waals surface area (Å²) < 4.78 is 39.7. The highest BCUT2D eigenvalue weighted by Gasteiger charge is 2.30.